The normalized spacial score (nSPS) is 16.3. The molecule has 0 aliphatic heterocycles. The summed E-state index contributed by atoms with van der Waals surface area (Å²) in [6.07, 6.45) is 2.89. The maximum Gasteiger partial charge on any atom is 0.0805 e. The van der Waals surface area contributed by atoms with Gasteiger partial charge in [0.2, 0.25) is 0 Å². The Morgan fingerprint density at radius 2 is 1.67 bits per heavy atom. The maximum absolute atomic E-state index is 6.33. The van der Waals surface area contributed by atoms with Crippen LogP contribution >= 0.6 is 0 Å². The Morgan fingerprint density at radius 3 is 2.11 bits per heavy atom. The van der Waals surface area contributed by atoms with Gasteiger partial charge in [0.15, 0.2) is 0 Å². The molecule has 1 rings (SSSR count). The van der Waals surface area contributed by atoms with Crippen LogP contribution in [-0.2, 0) is 17.6 Å². The number of rotatable bonds is 7. The second kappa shape index (κ2) is 6.91. The van der Waals surface area contributed by atoms with E-state index in [-0.39, 0.29) is 11.6 Å². The van der Waals surface area contributed by atoms with Crippen molar-refractivity contribution < 1.29 is 4.74 Å². The summed E-state index contributed by atoms with van der Waals surface area (Å²) in [6.45, 7) is 9.16. The van der Waals surface area contributed by atoms with Gasteiger partial charge in [0, 0.05) is 12.6 Å². The molecule has 0 radical (unpaired) electrons. The Morgan fingerprint density at radius 1 is 1.11 bits per heavy atom. The van der Waals surface area contributed by atoms with E-state index in [2.05, 4.69) is 45.0 Å². The zero-order valence-electron chi connectivity index (χ0n) is 12.2. The van der Waals surface area contributed by atoms with Crippen LogP contribution in [0, 0.1) is 0 Å². The van der Waals surface area contributed by atoms with E-state index in [9.17, 15) is 0 Å². The van der Waals surface area contributed by atoms with Crippen molar-refractivity contribution in [1.29, 1.82) is 0 Å². The van der Waals surface area contributed by atoms with Gasteiger partial charge in [-0.05, 0) is 44.2 Å². The number of ether oxygens (including phenoxy) is 1. The molecular formula is C16H27NO. The molecule has 2 N–H and O–H groups in total. The van der Waals surface area contributed by atoms with Gasteiger partial charge in [-0.2, -0.15) is 0 Å². The SMILES string of the molecule is CCOC(C)(CC)C(N)Cc1ccc(CC)cc1. The molecule has 0 spiro atoms. The first-order chi connectivity index (χ1) is 8.55. The molecule has 2 nitrogen and oxygen atoms in total. The van der Waals surface area contributed by atoms with Gasteiger partial charge < -0.3 is 10.5 Å². The van der Waals surface area contributed by atoms with E-state index in [1.807, 2.05) is 6.92 Å². The zero-order chi connectivity index (χ0) is 13.6. The number of hydrogen-bond donors (Lipinski definition) is 1. The third-order valence-electron chi connectivity index (χ3n) is 3.85. The molecule has 0 aromatic heterocycles. The Labute approximate surface area is 112 Å². The number of benzene rings is 1. The van der Waals surface area contributed by atoms with E-state index in [0.717, 1.165) is 19.3 Å². The molecule has 18 heavy (non-hydrogen) atoms. The van der Waals surface area contributed by atoms with Crippen molar-refractivity contribution >= 4 is 0 Å². The average Bonchev–Trinajstić information content (AvgIpc) is 2.39. The van der Waals surface area contributed by atoms with Crippen LogP contribution in [0.15, 0.2) is 24.3 Å². The lowest BCUT2D eigenvalue weighted by Crippen LogP contribution is -2.48. The van der Waals surface area contributed by atoms with Gasteiger partial charge in [0.05, 0.1) is 5.60 Å². The summed E-state index contributed by atoms with van der Waals surface area (Å²) in [5.41, 5.74) is 8.76. The van der Waals surface area contributed by atoms with Crippen LogP contribution in [0.3, 0.4) is 0 Å². The summed E-state index contributed by atoms with van der Waals surface area (Å²) < 4.78 is 5.83. The van der Waals surface area contributed by atoms with Gasteiger partial charge in [0.25, 0.3) is 0 Å². The predicted octanol–water partition coefficient (Wildman–Crippen LogP) is 3.32. The molecule has 2 atom stereocenters. The fraction of sp³-hybridized carbons (Fsp3) is 0.625. The molecule has 102 valence electrons. The zero-order valence-corrected chi connectivity index (χ0v) is 12.2. The van der Waals surface area contributed by atoms with Gasteiger partial charge in [-0.3, -0.25) is 0 Å². The molecule has 0 saturated carbocycles. The smallest absolute Gasteiger partial charge is 0.0805 e. The molecule has 0 fully saturated rings. The Hall–Kier alpha value is -0.860. The summed E-state index contributed by atoms with van der Waals surface area (Å²) in [4.78, 5) is 0. The number of hydrogen-bond acceptors (Lipinski definition) is 2. The van der Waals surface area contributed by atoms with Crippen molar-refractivity contribution in [3.63, 3.8) is 0 Å². The lowest BCUT2D eigenvalue weighted by molar-refractivity contribution is -0.0461. The standard InChI is InChI=1S/C16H27NO/c1-5-13-8-10-14(11-9-13)12-15(17)16(4,6-2)18-7-3/h8-11,15H,5-7,12,17H2,1-4H3. The summed E-state index contributed by atoms with van der Waals surface area (Å²) in [6, 6.07) is 8.77. The van der Waals surface area contributed by atoms with E-state index in [1.54, 1.807) is 0 Å². The second-order valence-electron chi connectivity index (χ2n) is 5.08. The minimum absolute atomic E-state index is 0.0370. The summed E-state index contributed by atoms with van der Waals surface area (Å²) in [7, 11) is 0. The molecule has 0 bridgehead atoms. The predicted molar refractivity (Wildman–Crippen MR) is 77.8 cm³/mol. The number of nitrogens with two attached hydrogens (primary N) is 1. The van der Waals surface area contributed by atoms with Gasteiger partial charge in [-0.25, -0.2) is 0 Å². The highest BCUT2D eigenvalue weighted by Crippen LogP contribution is 2.22. The molecular weight excluding hydrogens is 222 g/mol. The minimum Gasteiger partial charge on any atom is -0.374 e. The third kappa shape index (κ3) is 3.82. The maximum atomic E-state index is 6.33. The highest BCUT2D eigenvalue weighted by molar-refractivity contribution is 5.23. The Bertz CT molecular complexity index is 347. The van der Waals surface area contributed by atoms with Crippen molar-refractivity contribution in [2.45, 2.75) is 58.6 Å². The summed E-state index contributed by atoms with van der Waals surface area (Å²) in [5, 5.41) is 0. The quantitative estimate of drug-likeness (QED) is 0.804. The van der Waals surface area contributed by atoms with Crippen molar-refractivity contribution in [3.05, 3.63) is 35.4 Å². The monoisotopic (exact) mass is 249 g/mol. The van der Waals surface area contributed by atoms with Crippen molar-refractivity contribution in [2.24, 2.45) is 5.73 Å². The van der Waals surface area contributed by atoms with Gasteiger partial charge in [0.1, 0.15) is 0 Å². The minimum atomic E-state index is -0.224. The highest BCUT2D eigenvalue weighted by atomic mass is 16.5. The van der Waals surface area contributed by atoms with Crippen molar-refractivity contribution in [1.82, 2.24) is 0 Å². The first-order valence-electron chi connectivity index (χ1n) is 7.03. The lowest BCUT2D eigenvalue weighted by atomic mass is 9.88. The Balaban J connectivity index is 2.69. The molecule has 2 unspecified atom stereocenters. The first kappa shape index (κ1) is 15.2. The fourth-order valence-electron chi connectivity index (χ4n) is 2.18. The summed E-state index contributed by atoms with van der Waals surface area (Å²) >= 11 is 0. The van der Waals surface area contributed by atoms with Gasteiger partial charge in [-0.1, -0.05) is 38.1 Å². The molecule has 0 aliphatic rings. The van der Waals surface area contributed by atoms with Crippen LogP contribution in [0.2, 0.25) is 0 Å². The van der Waals surface area contributed by atoms with E-state index in [0.29, 0.717) is 6.61 Å². The van der Waals surface area contributed by atoms with E-state index >= 15 is 0 Å². The number of aryl methyl sites for hydroxylation is 1. The van der Waals surface area contributed by atoms with Crippen LogP contribution in [-0.4, -0.2) is 18.2 Å². The largest absolute Gasteiger partial charge is 0.374 e. The molecule has 0 amide bonds. The second-order valence-corrected chi connectivity index (χ2v) is 5.08. The van der Waals surface area contributed by atoms with Crippen LogP contribution in [0.4, 0.5) is 0 Å². The van der Waals surface area contributed by atoms with E-state index in [4.69, 9.17) is 10.5 Å². The lowest BCUT2D eigenvalue weighted by Gasteiger charge is -2.34. The molecule has 2 heteroatoms. The van der Waals surface area contributed by atoms with Crippen LogP contribution in [0.1, 0.15) is 45.2 Å². The van der Waals surface area contributed by atoms with Gasteiger partial charge in [-0.15, -0.1) is 0 Å². The summed E-state index contributed by atoms with van der Waals surface area (Å²) in [5.74, 6) is 0. The highest BCUT2D eigenvalue weighted by Gasteiger charge is 2.30. The Kier molecular flexibility index (Phi) is 5.83. The topological polar surface area (TPSA) is 35.2 Å². The van der Waals surface area contributed by atoms with E-state index < -0.39 is 0 Å². The molecule has 0 saturated heterocycles. The van der Waals surface area contributed by atoms with Crippen LogP contribution in [0.25, 0.3) is 0 Å². The average molecular weight is 249 g/mol. The van der Waals surface area contributed by atoms with E-state index in [1.165, 1.54) is 11.1 Å². The molecule has 1 aromatic rings. The fourth-order valence-corrected chi connectivity index (χ4v) is 2.18. The molecule has 0 aliphatic carbocycles. The third-order valence-corrected chi connectivity index (χ3v) is 3.85. The van der Waals surface area contributed by atoms with Gasteiger partial charge >= 0.3 is 0 Å². The molecule has 0 heterocycles. The molecule has 1 aromatic carbocycles. The van der Waals surface area contributed by atoms with Crippen molar-refractivity contribution in [2.75, 3.05) is 6.61 Å². The van der Waals surface area contributed by atoms with Crippen LogP contribution < -0.4 is 5.73 Å². The van der Waals surface area contributed by atoms with Crippen molar-refractivity contribution in [3.8, 4) is 0 Å². The van der Waals surface area contributed by atoms with Crippen LogP contribution in [0.5, 0.6) is 0 Å². The first-order valence-corrected chi connectivity index (χ1v) is 7.03.